The molecule has 0 saturated heterocycles. The lowest BCUT2D eigenvalue weighted by Gasteiger charge is -2.21. The Kier molecular flexibility index (Phi) is 3.46. The normalized spacial score (nSPS) is 10.6. The third-order valence-corrected chi connectivity index (χ3v) is 3.06. The van der Waals surface area contributed by atoms with Crippen LogP contribution >= 0.6 is 0 Å². The average molecular weight is 246 g/mol. The summed E-state index contributed by atoms with van der Waals surface area (Å²) in [6.07, 6.45) is 0. The van der Waals surface area contributed by atoms with E-state index in [1.807, 2.05) is 24.3 Å². The lowest BCUT2D eigenvalue weighted by Crippen LogP contribution is -2.21. The van der Waals surface area contributed by atoms with Crippen molar-refractivity contribution in [3.8, 4) is 17.4 Å². The van der Waals surface area contributed by atoms with Gasteiger partial charge in [0.25, 0.3) is 0 Å². The van der Waals surface area contributed by atoms with E-state index in [1.165, 1.54) is 16.7 Å². The zero-order valence-corrected chi connectivity index (χ0v) is 10.7. The van der Waals surface area contributed by atoms with Crippen molar-refractivity contribution in [1.29, 1.82) is 0 Å². The first-order chi connectivity index (χ1) is 8.67. The molecule has 0 radical (unpaired) electrons. The Morgan fingerprint density at radius 2 is 1.61 bits per heavy atom. The predicted octanol–water partition coefficient (Wildman–Crippen LogP) is 2.73. The number of aromatic hydroxyl groups is 2. The van der Waals surface area contributed by atoms with Crippen molar-refractivity contribution in [2.24, 2.45) is 0 Å². The SMILES string of the molecule is CCN(CC)c1cccc(-n2c(O)ccc2O)c1. The number of aromatic nitrogens is 1. The van der Waals surface area contributed by atoms with Crippen LogP contribution in [0.4, 0.5) is 5.69 Å². The molecule has 0 spiro atoms. The lowest BCUT2D eigenvalue weighted by molar-refractivity contribution is 0.402. The number of nitrogens with zero attached hydrogens (tertiary/aromatic N) is 2. The molecule has 96 valence electrons. The molecule has 0 aliphatic heterocycles. The Balaban J connectivity index is 2.44. The zero-order chi connectivity index (χ0) is 13.1. The maximum absolute atomic E-state index is 9.72. The zero-order valence-electron chi connectivity index (χ0n) is 10.7. The van der Waals surface area contributed by atoms with Gasteiger partial charge in [-0.3, -0.25) is 4.57 Å². The summed E-state index contributed by atoms with van der Waals surface area (Å²) in [5.41, 5.74) is 1.82. The molecular weight excluding hydrogens is 228 g/mol. The second kappa shape index (κ2) is 5.04. The van der Waals surface area contributed by atoms with Crippen LogP contribution in [-0.4, -0.2) is 27.9 Å². The van der Waals surface area contributed by atoms with E-state index in [2.05, 4.69) is 18.7 Å². The molecule has 1 aromatic heterocycles. The van der Waals surface area contributed by atoms with E-state index in [0.29, 0.717) is 0 Å². The highest BCUT2D eigenvalue weighted by Crippen LogP contribution is 2.28. The topological polar surface area (TPSA) is 48.6 Å². The predicted molar refractivity (Wildman–Crippen MR) is 72.7 cm³/mol. The highest BCUT2D eigenvalue weighted by Gasteiger charge is 2.09. The van der Waals surface area contributed by atoms with Gasteiger partial charge in [-0.05, 0) is 32.0 Å². The van der Waals surface area contributed by atoms with Gasteiger partial charge in [0.05, 0.1) is 5.69 Å². The summed E-state index contributed by atoms with van der Waals surface area (Å²) in [5, 5.41) is 19.4. The van der Waals surface area contributed by atoms with Gasteiger partial charge < -0.3 is 15.1 Å². The van der Waals surface area contributed by atoms with E-state index < -0.39 is 0 Å². The molecule has 1 aromatic carbocycles. The number of rotatable bonds is 4. The third-order valence-electron chi connectivity index (χ3n) is 3.06. The molecule has 0 aliphatic rings. The van der Waals surface area contributed by atoms with Gasteiger partial charge in [0.1, 0.15) is 0 Å². The summed E-state index contributed by atoms with van der Waals surface area (Å²) in [6, 6.07) is 10.7. The van der Waals surface area contributed by atoms with Crippen molar-refractivity contribution in [2.75, 3.05) is 18.0 Å². The maximum atomic E-state index is 9.72. The molecule has 2 aromatic rings. The fourth-order valence-electron chi connectivity index (χ4n) is 2.10. The summed E-state index contributed by atoms with van der Waals surface area (Å²) in [6.45, 7) is 6.04. The van der Waals surface area contributed by atoms with Crippen molar-refractivity contribution in [3.05, 3.63) is 36.4 Å². The summed E-state index contributed by atoms with van der Waals surface area (Å²) < 4.78 is 1.41. The van der Waals surface area contributed by atoms with Crippen LogP contribution < -0.4 is 4.90 Å². The first-order valence-electron chi connectivity index (χ1n) is 6.12. The van der Waals surface area contributed by atoms with Crippen molar-refractivity contribution in [2.45, 2.75) is 13.8 Å². The molecule has 0 saturated carbocycles. The molecule has 0 atom stereocenters. The van der Waals surface area contributed by atoms with Crippen LogP contribution in [0.3, 0.4) is 0 Å². The summed E-state index contributed by atoms with van der Waals surface area (Å²) >= 11 is 0. The van der Waals surface area contributed by atoms with Crippen LogP contribution in [0.5, 0.6) is 11.8 Å². The first-order valence-corrected chi connectivity index (χ1v) is 6.12. The smallest absolute Gasteiger partial charge is 0.198 e. The van der Waals surface area contributed by atoms with Crippen LogP contribution in [0.25, 0.3) is 5.69 Å². The summed E-state index contributed by atoms with van der Waals surface area (Å²) in [7, 11) is 0. The molecule has 0 fully saturated rings. The fraction of sp³-hybridized carbons (Fsp3) is 0.286. The van der Waals surface area contributed by atoms with Gasteiger partial charge >= 0.3 is 0 Å². The minimum absolute atomic E-state index is 0.0317. The van der Waals surface area contributed by atoms with Crippen molar-refractivity contribution in [1.82, 2.24) is 4.57 Å². The Bertz CT molecular complexity index is 511. The molecule has 2 N–H and O–H groups in total. The Morgan fingerprint density at radius 1 is 1.00 bits per heavy atom. The van der Waals surface area contributed by atoms with Gasteiger partial charge in [0.15, 0.2) is 11.8 Å². The standard InChI is InChI=1S/C14H18N2O2/c1-3-15(4-2)11-6-5-7-12(10-11)16-13(17)8-9-14(16)18/h5-10,17-18H,3-4H2,1-2H3. The van der Waals surface area contributed by atoms with Crippen LogP contribution in [0.15, 0.2) is 36.4 Å². The van der Waals surface area contributed by atoms with E-state index in [-0.39, 0.29) is 11.8 Å². The van der Waals surface area contributed by atoms with E-state index in [9.17, 15) is 10.2 Å². The van der Waals surface area contributed by atoms with Crippen molar-refractivity contribution < 1.29 is 10.2 Å². The van der Waals surface area contributed by atoms with Crippen LogP contribution in [0.1, 0.15) is 13.8 Å². The van der Waals surface area contributed by atoms with E-state index >= 15 is 0 Å². The van der Waals surface area contributed by atoms with Gasteiger partial charge in [-0.2, -0.15) is 0 Å². The summed E-state index contributed by atoms with van der Waals surface area (Å²) in [5.74, 6) is 0.0633. The minimum atomic E-state index is 0.0317. The van der Waals surface area contributed by atoms with Gasteiger partial charge in [-0.25, -0.2) is 0 Å². The van der Waals surface area contributed by atoms with E-state index in [4.69, 9.17) is 0 Å². The summed E-state index contributed by atoms with van der Waals surface area (Å²) in [4.78, 5) is 2.21. The van der Waals surface area contributed by atoms with E-state index in [0.717, 1.165) is 24.5 Å². The van der Waals surface area contributed by atoms with E-state index in [1.54, 1.807) is 0 Å². The molecule has 4 nitrogen and oxygen atoms in total. The van der Waals surface area contributed by atoms with Gasteiger partial charge in [0.2, 0.25) is 0 Å². The first kappa shape index (κ1) is 12.4. The minimum Gasteiger partial charge on any atom is -0.494 e. The molecule has 0 amide bonds. The maximum Gasteiger partial charge on any atom is 0.198 e. The lowest BCUT2D eigenvalue weighted by atomic mass is 10.2. The molecular formula is C14H18N2O2. The van der Waals surface area contributed by atoms with Crippen molar-refractivity contribution in [3.63, 3.8) is 0 Å². The van der Waals surface area contributed by atoms with Crippen LogP contribution in [0, 0.1) is 0 Å². The molecule has 0 aliphatic carbocycles. The molecule has 2 rings (SSSR count). The molecule has 0 bridgehead atoms. The second-order valence-corrected chi connectivity index (χ2v) is 4.08. The highest BCUT2D eigenvalue weighted by atomic mass is 16.3. The Hall–Kier alpha value is -2.10. The van der Waals surface area contributed by atoms with Crippen LogP contribution in [-0.2, 0) is 0 Å². The van der Waals surface area contributed by atoms with Gasteiger partial charge in [-0.1, -0.05) is 6.07 Å². The Labute approximate surface area is 107 Å². The Morgan fingerprint density at radius 3 is 2.17 bits per heavy atom. The second-order valence-electron chi connectivity index (χ2n) is 4.08. The van der Waals surface area contributed by atoms with Crippen molar-refractivity contribution >= 4 is 5.69 Å². The molecule has 1 heterocycles. The molecule has 4 heteroatoms. The number of hydrogen-bond donors (Lipinski definition) is 2. The monoisotopic (exact) mass is 246 g/mol. The number of hydrogen-bond acceptors (Lipinski definition) is 3. The van der Waals surface area contributed by atoms with Gasteiger partial charge in [0, 0.05) is 30.9 Å². The number of anilines is 1. The van der Waals surface area contributed by atoms with Gasteiger partial charge in [-0.15, -0.1) is 0 Å². The largest absolute Gasteiger partial charge is 0.494 e. The molecule has 18 heavy (non-hydrogen) atoms. The van der Waals surface area contributed by atoms with Crippen LogP contribution in [0.2, 0.25) is 0 Å². The fourth-order valence-corrected chi connectivity index (χ4v) is 2.10. The average Bonchev–Trinajstić information content (AvgIpc) is 2.71. The highest BCUT2D eigenvalue weighted by molar-refractivity contribution is 5.55. The number of benzene rings is 1. The molecule has 0 unspecified atom stereocenters. The quantitative estimate of drug-likeness (QED) is 0.872. The third kappa shape index (κ3) is 2.14.